The lowest BCUT2D eigenvalue weighted by Gasteiger charge is -2.15. The van der Waals surface area contributed by atoms with Crippen molar-refractivity contribution in [1.82, 2.24) is 19.7 Å². The molecule has 0 aliphatic rings. The Morgan fingerprint density at radius 1 is 1.00 bits per heavy atom. The number of benzene rings is 2. The fraction of sp³-hybridized carbons (Fsp3) is 0.190. The highest BCUT2D eigenvalue weighted by molar-refractivity contribution is 6.30. The number of rotatable bonds is 8. The van der Waals surface area contributed by atoms with Gasteiger partial charge in [-0.2, -0.15) is 15.1 Å². The van der Waals surface area contributed by atoms with Gasteiger partial charge in [-0.1, -0.05) is 29.8 Å². The van der Waals surface area contributed by atoms with Crippen LogP contribution in [0.3, 0.4) is 0 Å². The molecule has 2 aromatic carbocycles. The number of nitrogens with one attached hydrogen (secondary N) is 2. The minimum atomic E-state index is -0.420. The number of fused-ring (bicyclic) bond motifs is 1. The van der Waals surface area contributed by atoms with Crippen molar-refractivity contribution in [3.63, 3.8) is 0 Å². The highest BCUT2D eigenvalue weighted by Gasteiger charge is 2.15. The van der Waals surface area contributed by atoms with Gasteiger partial charge in [0.15, 0.2) is 11.9 Å². The number of nitrogens with zero attached hydrogens (tertiary/aromatic N) is 4. The second-order valence-corrected chi connectivity index (χ2v) is 6.88. The van der Waals surface area contributed by atoms with Crippen LogP contribution in [0.4, 0.5) is 17.5 Å². The molecule has 2 aromatic heterocycles. The molecule has 0 spiro atoms. The van der Waals surface area contributed by atoms with Crippen LogP contribution in [0.25, 0.3) is 16.7 Å². The third kappa shape index (κ3) is 4.35. The zero-order valence-corrected chi connectivity index (χ0v) is 17.3. The number of anilines is 3. The van der Waals surface area contributed by atoms with Gasteiger partial charge in [0.2, 0.25) is 5.95 Å². The fourth-order valence-corrected chi connectivity index (χ4v) is 3.07. The van der Waals surface area contributed by atoms with Gasteiger partial charge in [-0.3, -0.25) is 0 Å². The Bertz CT molecular complexity index is 1110. The largest absolute Gasteiger partial charge is 0.354 e. The SMILES string of the molecule is COC(CNc1nc(Nc2ccc(Cl)cc2)c2cnn(-c3ccccc3)c2n1)OC. The molecule has 0 aliphatic carbocycles. The van der Waals surface area contributed by atoms with E-state index in [1.165, 1.54) is 0 Å². The van der Waals surface area contributed by atoms with Gasteiger partial charge < -0.3 is 20.1 Å². The van der Waals surface area contributed by atoms with Crippen molar-refractivity contribution >= 4 is 40.1 Å². The Morgan fingerprint density at radius 2 is 1.73 bits per heavy atom. The molecule has 0 unspecified atom stereocenters. The summed E-state index contributed by atoms with van der Waals surface area (Å²) in [6, 6.07) is 17.2. The molecular formula is C21H21ClN6O2. The van der Waals surface area contributed by atoms with Crippen molar-refractivity contribution in [2.45, 2.75) is 6.29 Å². The third-order valence-corrected chi connectivity index (χ3v) is 4.74. The average Bonchev–Trinajstić information content (AvgIpc) is 3.21. The molecule has 0 saturated carbocycles. The topological polar surface area (TPSA) is 86.1 Å². The summed E-state index contributed by atoms with van der Waals surface area (Å²) in [6.07, 6.45) is 1.33. The van der Waals surface area contributed by atoms with Gasteiger partial charge in [-0.05, 0) is 36.4 Å². The van der Waals surface area contributed by atoms with Crippen molar-refractivity contribution in [2.24, 2.45) is 0 Å². The van der Waals surface area contributed by atoms with Gasteiger partial charge in [-0.15, -0.1) is 0 Å². The Balaban J connectivity index is 1.76. The Morgan fingerprint density at radius 3 is 2.43 bits per heavy atom. The molecule has 0 bridgehead atoms. The summed E-state index contributed by atoms with van der Waals surface area (Å²) in [5.41, 5.74) is 2.42. The molecule has 0 aliphatic heterocycles. The maximum Gasteiger partial charge on any atom is 0.226 e. The van der Waals surface area contributed by atoms with E-state index in [4.69, 9.17) is 21.1 Å². The molecule has 8 nitrogen and oxygen atoms in total. The minimum absolute atomic E-state index is 0.387. The average molecular weight is 425 g/mol. The van der Waals surface area contributed by atoms with Gasteiger partial charge in [0, 0.05) is 24.9 Å². The predicted octanol–water partition coefficient (Wildman–Crippen LogP) is 4.24. The molecule has 0 fully saturated rings. The van der Waals surface area contributed by atoms with E-state index in [0.29, 0.717) is 29.0 Å². The van der Waals surface area contributed by atoms with Crippen molar-refractivity contribution in [1.29, 1.82) is 0 Å². The van der Waals surface area contributed by atoms with E-state index in [1.807, 2.05) is 54.6 Å². The van der Waals surface area contributed by atoms with Crippen molar-refractivity contribution in [3.8, 4) is 5.69 Å². The number of hydrogen-bond donors (Lipinski definition) is 2. The summed E-state index contributed by atoms with van der Waals surface area (Å²) in [5, 5.41) is 12.5. The van der Waals surface area contributed by atoms with Crippen LogP contribution in [-0.4, -0.2) is 46.8 Å². The summed E-state index contributed by atoms with van der Waals surface area (Å²) in [7, 11) is 3.16. The zero-order chi connectivity index (χ0) is 20.9. The molecular weight excluding hydrogens is 404 g/mol. The summed E-state index contributed by atoms with van der Waals surface area (Å²) < 4.78 is 12.3. The van der Waals surface area contributed by atoms with E-state index in [2.05, 4.69) is 25.7 Å². The van der Waals surface area contributed by atoms with E-state index in [9.17, 15) is 0 Å². The Kier molecular flexibility index (Phi) is 6.08. The second-order valence-electron chi connectivity index (χ2n) is 6.44. The normalized spacial score (nSPS) is 11.2. The molecule has 0 saturated heterocycles. The molecule has 4 rings (SSSR count). The van der Waals surface area contributed by atoms with Crippen LogP contribution in [-0.2, 0) is 9.47 Å². The van der Waals surface area contributed by atoms with Crippen LogP contribution >= 0.6 is 11.6 Å². The third-order valence-electron chi connectivity index (χ3n) is 4.49. The molecule has 0 atom stereocenters. The van der Waals surface area contributed by atoms with Crippen molar-refractivity contribution in [2.75, 3.05) is 31.4 Å². The number of halogens is 1. The highest BCUT2D eigenvalue weighted by Crippen LogP contribution is 2.27. The molecule has 2 N–H and O–H groups in total. The quantitative estimate of drug-likeness (QED) is 0.409. The maximum absolute atomic E-state index is 6.00. The lowest BCUT2D eigenvalue weighted by atomic mass is 10.3. The van der Waals surface area contributed by atoms with Crippen LogP contribution in [0.15, 0.2) is 60.8 Å². The summed E-state index contributed by atoms with van der Waals surface area (Å²) in [6.45, 7) is 0.387. The molecule has 2 heterocycles. The second kappa shape index (κ2) is 9.08. The maximum atomic E-state index is 6.00. The van der Waals surface area contributed by atoms with E-state index in [1.54, 1.807) is 25.1 Å². The van der Waals surface area contributed by atoms with Crippen molar-refractivity contribution in [3.05, 3.63) is 65.8 Å². The molecule has 4 aromatic rings. The first-order valence-electron chi connectivity index (χ1n) is 9.31. The van der Waals surface area contributed by atoms with Gasteiger partial charge in [0.25, 0.3) is 0 Å². The molecule has 154 valence electrons. The van der Waals surface area contributed by atoms with Gasteiger partial charge in [-0.25, -0.2) is 4.68 Å². The number of hydrogen-bond acceptors (Lipinski definition) is 7. The molecule has 0 amide bonds. The van der Waals surface area contributed by atoms with Gasteiger partial charge in [0.05, 0.1) is 23.8 Å². The first kappa shape index (κ1) is 20.1. The number of para-hydroxylation sites is 1. The van der Waals surface area contributed by atoms with E-state index in [0.717, 1.165) is 16.8 Å². The first-order valence-corrected chi connectivity index (χ1v) is 9.69. The number of aromatic nitrogens is 4. The lowest BCUT2D eigenvalue weighted by molar-refractivity contribution is -0.0914. The zero-order valence-electron chi connectivity index (χ0n) is 16.5. The minimum Gasteiger partial charge on any atom is -0.354 e. The lowest BCUT2D eigenvalue weighted by Crippen LogP contribution is -2.24. The first-order chi connectivity index (χ1) is 14.7. The number of methoxy groups -OCH3 is 2. The standard InChI is InChI=1S/C21H21ClN6O2/c1-29-18(30-2)13-23-21-26-19(25-15-10-8-14(22)9-11-15)17-12-24-28(20(17)27-21)16-6-4-3-5-7-16/h3-12,18H,13H2,1-2H3,(H2,23,25,26,27). The van der Waals surface area contributed by atoms with Crippen molar-refractivity contribution < 1.29 is 9.47 Å². The van der Waals surface area contributed by atoms with Crippen LogP contribution in [0.2, 0.25) is 5.02 Å². The molecule has 0 radical (unpaired) electrons. The Labute approximate surface area is 178 Å². The smallest absolute Gasteiger partial charge is 0.226 e. The number of ether oxygens (including phenoxy) is 2. The molecule has 9 heteroatoms. The van der Waals surface area contributed by atoms with Crippen LogP contribution < -0.4 is 10.6 Å². The highest BCUT2D eigenvalue weighted by atomic mass is 35.5. The van der Waals surface area contributed by atoms with Crippen LogP contribution in [0, 0.1) is 0 Å². The summed E-state index contributed by atoms with van der Waals surface area (Å²) in [5.74, 6) is 1.05. The predicted molar refractivity (Wildman–Crippen MR) is 118 cm³/mol. The van der Waals surface area contributed by atoms with Gasteiger partial charge >= 0.3 is 0 Å². The van der Waals surface area contributed by atoms with E-state index < -0.39 is 6.29 Å². The Hall–Kier alpha value is -3.20. The van der Waals surface area contributed by atoms with E-state index >= 15 is 0 Å². The van der Waals surface area contributed by atoms with Crippen LogP contribution in [0.5, 0.6) is 0 Å². The van der Waals surface area contributed by atoms with Crippen LogP contribution in [0.1, 0.15) is 0 Å². The van der Waals surface area contributed by atoms with E-state index in [-0.39, 0.29) is 0 Å². The van der Waals surface area contributed by atoms with Gasteiger partial charge in [0.1, 0.15) is 5.82 Å². The summed E-state index contributed by atoms with van der Waals surface area (Å²) in [4.78, 5) is 9.31. The molecule has 30 heavy (non-hydrogen) atoms. The monoisotopic (exact) mass is 424 g/mol. The fourth-order valence-electron chi connectivity index (χ4n) is 2.95. The summed E-state index contributed by atoms with van der Waals surface area (Å²) >= 11 is 6.00.